The molecule has 0 radical (unpaired) electrons. The van der Waals surface area contributed by atoms with Crippen LogP contribution in [0.4, 0.5) is 4.39 Å². The smallest absolute Gasteiger partial charge is 0.166 e. The van der Waals surface area contributed by atoms with Crippen LogP contribution in [0.25, 0.3) is 0 Å². The van der Waals surface area contributed by atoms with E-state index in [1.165, 1.54) is 6.07 Å². The van der Waals surface area contributed by atoms with Gasteiger partial charge in [-0.15, -0.1) is 0 Å². The molecule has 0 bridgehead atoms. The Bertz CT molecular complexity index is 335. The van der Waals surface area contributed by atoms with Crippen molar-refractivity contribution in [1.29, 1.82) is 0 Å². The summed E-state index contributed by atoms with van der Waals surface area (Å²) in [6, 6.07) is 1.24. The third kappa shape index (κ3) is 2.54. The zero-order valence-corrected chi connectivity index (χ0v) is 8.94. The predicted molar refractivity (Wildman–Crippen MR) is 52.8 cm³/mol. The van der Waals surface area contributed by atoms with Crippen molar-refractivity contribution in [1.82, 2.24) is 4.98 Å². The molecule has 14 heavy (non-hydrogen) atoms. The molecule has 3 nitrogen and oxygen atoms in total. The number of aromatic nitrogens is 1. The first-order chi connectivity index (χ1) is 6.56. The van der Waals surface area contributed by atoms with Crippen molar-refractivity contribution in [3.63, 3.8) is 0 Å². The van der Waals surface area contributed by atoms with Crippen molar-refractivity contribution in [2.24, 2.45) is 5.90 Å². The van der Waals surface area contributed by atoms with Gasteiger partial charge in [-0.25, -0.2) is 15.3 Å². The first-order valence-corrected chi connectivity index (χ1v) is 4.65. The van der Waals surface area contributed by atoms with Gasteiger partial charge in [-0.2, -0.15) is 0 Å². The van der Waals surface area contributed by atoms with Gasteiger partial charge in [0.2, 0.25) is 0 Å². The normalized spacial score (nSPS) is 12.9. The van der Waals surface area contributed by atoms with Gasteiger partial charge in [0.1, 0.15) is 5.15 Å². The van der Waals surface area contributed by atoms with Crippen LogP contribution >= 0.6 is 23.2 Å². The SMILES string of the molecule is CC(CON)c1cc(F)c(Cl)nc1Cl. The van der Waals surface area contributed by atoms with Gasteiger partial charge in [-0.05, 0) is 11.6 Å². The Hall–Kier alpha value is -0.420. The van der Waals surface area contributed by atoms with E-state index < -0.39 is 5.82 Å². The van der Waals surface area contributed by atoms with Gasteiger partial charge in [-0.3, -0.25) is 0 Å². The van der Waals surface area contributed by atoms with Gasteiger partial charge in [0.05, 0.1) is 6.61 Å². The van der Waals surface area contributed by atoms with E-state index in [1.807, 2.05) is 0 Å². The second-order valence-corrected chi connectivity index (χ2v) is 3.59. The van der Waals surface area contributed by atoms with E-state index in [9.17, 15) is 4.39 Å². The fourth-order valence-electron chi connectivity index (χ4n) is 1.04. The summed E-state index contributed by atoms with van der Waals surface area (Å²) < 4.78 is 13.0. The zero-order chi connectivity index (χ0) is 10.7. The number of nitrogens with two attached hydrogens (primary N) is 1. The minimum atomic E-state index is -0.602. The van der Waals surface area contributed by atoms with Crippen LogP contribution in [-0.2, 0) is 4.84 Å². The summed E-state index contributed by atoms with van der Waals surface area (Å²) in [4.78, 5) is 8.08. The Kier molecular flexibility index (Phi) is 4.07. The molecule has 0 saturated carbocycles. The first-order valence-electron chi connectivity index (χ1n) is 3.89. The summed E-state index contributed by atoms with van der Waals surface area (Å²) in [7, 11) is 0. The highest BCUT2D eigenvalue weighted by Crippen LogP contribution is 2.26. The molecule has 0 saturated heterocycles. The second kappa shape index (κ2) is 4.89. The van der Waals surface area contributed by atoms with Crippen LogP contribution in [0.2, 0.25) is 10.3 Å². The van der Waals surface area contributed by atoms with E-state index in [1.54, 1.807) is 6.92 Å². The molecule has 0 spiro atoms. The molecule has 1 unspecified atom stereocenters. The van der Waals surface area contributed by atoms with Crippen molar-refractivity contribution in [3.05, 3.63) is 27.8 Å². The standard InChI is InChI=1S/C8H9Cl2FN2O/c1-4(3-14-12)5-2-6(11)8(10)13-7(5)9/h2,4H,3,12H2,1H3. The van der Waals surface area contributed by atoms with Crippen LogP contribution in [0.15, 0.2) is 6.07 Å². The van der Waals surface area contributed by atoms with Crippen molar-refractivity contribution in [3.8, 4) is 0 Å². The summed E-state index contributed by atoms with van der Waals surface area (Å²) in [5.74, 6) is 4.17. The van der Waals surface area contributed by atoms with E-state index >= 15 is 0 Å². The van der Waals surface area contributed by atoms with Crippen LogP contribution < -0.4 is 5.90 Å². The summed E-state index contributed by atoms with van der Waals surface area (Å²) in [5.41, 5.74) is 0.527. The topological polar surface area (TPSA) is 48.1 Å². The molecule has 1 heterocycles. The van der Waals surface area contributed by atoms with Crippen LogP contribution in [-0.4, -0.2) is 11.6 Å². The van der Waals surface area contributed by atoms with Gasteiger partial charge < -0.3 is 4.84 Å². The number of pyridine rings is 1. The molecular formula is C8H9Cl2FN2O. The average molecular weight is 239 g/mol. The molecule has 1 aromatic rings. The van der Waals surface area contributed by atoms with E-state index in [-0.39, 0.29) is 22.8 Å². The highest BCUT2D eigenvalue weighted by Gasteiger charge is 2.14. The highest BCUT2D eigenvalue weighted by molar-refractivity contribution is 6.33. The Balaban J connectivity index is 3.02. The predicted octanol–water partition coefficient (Wildman–Crippen LogP) is 2.52. The summed E-state index contributed by atoms with van der Waals surface area (Å²) in [6.45, 7) is 2.03. The van der Waals surface area contributed by atoms with Gasteiger partial charge in [-0.1, -0.05) is 30.1 Å². The lowest BCUT2D eigenvalue weighted by Crippen LogP contribution is -2.09. The lowest BCUT2D eigenvalue weighted by Gasteiger charge is -2.11. The van der Waals surface area contributed by atoms with Crippen molar-refractivity contribution < 1.29 is 9.23 Å². The van der Waals surface area contributed by atoms with Gasteiger partial charge in [0.25, 0.3) is 0 Å². The summed E-state index contributed by atoms with van der Waals surface area (Å²) >= 11 is 11.2. The molecule has 1 aromatic heterocycles. The highest BCUT2D eigenvalue weighted by atomic mass is 35.5. The van der Waals surface area contributed by atoms with Crippen LogP contribution in [0.3, 0.4) is 0 Å². The maximum absolute atomic E-state index is 13.0. The Labute approximate surface area is 90.9 Å². The minimum Gasteiger partial charge on any atom is -0.304 e. The number of hydrogen-bond donors (Lipinski definition) is 1. The van der Waals surface area contributed by atoms with Crippen molar-refractivity contribution in [2.75, 3.05) is 6.61 Å². The quantitative estimate of drug-likeness (QED) is 0.651. The minimum absolute atomic E-state index is 0.133. The second-order valence-electron chi connectivity index (χ2n) is 2.88. The molecule has 0 aliphatic heterocycles. The average Bonchev–Trinajstić information content (AvgIpc) is 2.11. The van der Waals surface area contributed by atoms with Crippen LogP contribution in [0.5, 0.6) is 0 Å². The Morgan fingerprint density at radius 1 is 1.57 bits per heavy atom. The van der Waals surface area contributed by atoms with E-state index in [4.69, 9.17) is 29.1 Å². The van der Waals surface area contributed by atoms with Crippen molar-refractivity contribution >= 4 is 23.2 Å². The molecule has 0 aliphatic rings. The fraction of sp³-hybridized carbons (Fsp3) is 0.375. The Morgan fingerprint density at radius 3 is 2.79 bits per heavy atom. The number of rotatable bonds is 3. The lowest BCUT2D eigenvalue weighted by atomic mass is 10.0. The molecule has 0 amide bonds. The molecule has 1 atom stereocenters. The van der Waals surface area contributed by atoms with Crippen LogP contribution in [0, 0.1) is 5.82 Å². The summed E-state index contributed by atoms with van der Waals surface area (Å²) in [6.07, 6.45) is 0. The first kappa shape index (κ1) is 11.7. The fourth-order valence-corrected chi connectivity index (χ4v) is 1.55. The maximum atomic E-state index is 13.0. The van der Waals surface area contributed by atoms with E-state index in [2.05, 4.69) is 9.82 Å². The number of halogens is 3. The molecule has 6 heteroatoms. The van der Waals surface area contributed by atoms with E-state index in [0.29, 0.717) is 5.56 Å². The van der Waals surface area contributed by atoms with E-state index in [0.717, 1.165) is 0 Å². The number of nitrogens with zero attached hydrogens (tertiary/aromatic N) is 1. The van der Waals surface area contributed by atoms with Crippen molar-refractivity contribution in [2.45, 2.75) is 12.8 Å². The molecule has 0 aliphatic carbocycles. The number of hydrogen-bond acceptors (Lipinski definition) is 3. The third-order valence-electron chi connectivity index (χ3n) is 1.79. The lowest BCUT2D eigenvalue weighted by molar-refractivity contribution is 0.126. The summed E-state index contributed by atoms with van der Waals surface area (Å²) in [5, 5.41) is -0.0689. The molecule has 1 rings (SSSR count). The molecule has 78 valence electrons. The maximum Gasteiger partial charge on any atom is 0.166 e. The molecule has 0 fully saturated rings. The molecular weight excluding hydrogens is 230 g/mol. The van der Waals surface area contributed by atoms with Gasteiger partial charge >= 0.3 is 0 Å². The van der Waals surface area contributed by atoms with Gasteiger partial charge in [0.15, 0.2) is 11.0 Å². The van der Waals surface area contributed by atoms with Gasteiger partial charge in [0, 0.05) is 5.92 Å². The molecule has 0 aromatic carbocycles. The third-order valence-corrected chi connectivity index (χ3v) is 2.36. The van der Waals surface area contributed by atoms with Crippen LogP contribution in [0.1, 0.15) is 18.4 Å². The zero-order valence-electron chi connectivity index (χ0n) is 7.43. The monoisotopic (exact) mass is 238 g/mol. The largest absolute Gasteiger partial charge is 0.304 e. The molecule has 2 N–H and O–H groups in total. The Morgan fingerprint density at radius 2 is 2.21 bits per heavy atom.